The number of non-ortho nitro benzene ring substituents is 1. The average molecular weight is 293 g/mol. The van der Waals surface area contributed by atoms with Crippen LogP contribution >= 0.6 is 11.8 Å². The lowest BCUT2D eigenvalue weighted by atomic mass is 10.1. The van der Waals surface area contributed by atoms with Crippen LogP contribution in [0.2, 0.25) is 0 Å². The third kappa shape index (κ3) is 2.70. The Balaban J connectivity index is 2.60. The van der Waals surface area contributed by atoms with Crippen LogP contribution in [0.15, 0.2) is 34.8 Å². The third-order valence-corrected chi connectivity index (χ3v) is 3.70. The first kappa shape index (κ1) is 14.2. The molecule has 1 unspecified atom stereocenters. The van der Waals surface area contributed by atoms with Crippen molar-refractivity contribution in [3.63, 3.8) is 0 Å². The topological polar surface area (TPSA) is 119 Å². The summed E-state index contributed by atoms with van der Waals surface area (Å²) in [6.07, 6.45) is 0. The van der Waals surface area contributed by atoms with E-state index in [0.29, 0.717) is 16.2 Å². The van der Waals surface area contributed by atoms with Gasteiger partial charge in [0.25, 0.3) is 5.69 Å². The molecule has 0 aliphatic carbocycles. The number of nitro groups is 1. The lowest BCUT2D eigenvalue weighted by Gasteiger charge is -2.20. The van der Waals surface area contributed by atoms with Gasteiger partial charge in [-0.25, -0.2) is 4.79 Å². The SMILES string of the molecule is CC1=NC(N)SC(c2cccc([N+](=O)[O-])c2)=C1C(=O)O. The molecule has 3 N–H and O–H groups in total. The number of hydrogen-bond acceptors (Lipinski definition) is 6. The molecule has 0 amide bonds. The molecule has 1 aromatic rings. The molecule has 1 heterocycles. The summed E-state index contributed by atoms with van der Waals surface area (Å²) in [5.41, 5.74) is 5.79. The van der Waals surface area contributed by atoms with Gasteiger partial charge >= 0.3 is 5.97 Å². The zero-order valence-electron chi connectivity index (χ0n) is 10.4. The molecule has 1 atom stereocenters. The number of carboxylic acid groups (broad SMARTS) is 1. The van der Waals surface area contributed by atoms with Gasteiger partial charge in [0.15, 0.2) is 0 Å². The van der Waals surface area contributed by atoms with Crippen LogP contribution in [0.25, 0.3) is 4.91 Å². The number of carbonyl (C=O) groups is 1. The van der Waals surface area contributed by atoms with Crippen molar-refractivity contribution in [1.29, 1.82) is 0 Å². The Hall–Kier alpha value is -2.19. The molecule has 0 aromatic heterocycles. The van der Waals surface area contributed by atoms with Gasteiger partial charge in [-0.15, -0.1) is 0 Å². The van der Waals surface area contributed by atoms with Crippen LogP contribution in [-0.4, -0.2) is 27.2 Å². The van der Waals surface area contributed by atoms with Crippen molar-refractivity contribution in [3.05, 3.63) is 45.5 Å². The molecule has 1 aromatic carbocycles. The summed E-state index contributed by atoms with van der Waals surface area (Å²) in [6.45, 7) is 1.56. The number of thioether (sulfide) groups is 1. The van der Waals surface area contributed by atoms with Gasteiger partial charge in [-0.1, -0.05) is 23.9 Å². The van der Waals surface area contributed by atoms with Gasteiger partial charge in [-0.2, -0.15) is 0 Å². The quantitative estimate of drug-likeness (QED) is 0.648. The standard InChI is InChI=1S/C12H11N3O4S/c1-6-9(11(16)17)10(20-12(13)14-6)7-3-2-4-8(5-7)15(18)19/h2-5,12H,13H2,1H3,(H,16,17). The first-order valence-corrected chi connectivity index (χ1v) is 6.47. The lowest BCUT2D eigenvalue weighted by Crippen LogP contribution is -2.23. The van der Waals surface area contributed by atoms with Gasteiger partial charge in [-0.3, -0.25) is 15.1 Å². The Morgan fingerprint density at radius 3 is 2.85 bits per heavy atom. The number of benzene rings is 1. The molecule has 20 heavy (non-hydrogen) atoms. The highest BCUT2D eigenvalue weighted by Gasteiger charge is 2.26. The Kier molecular flexibility index (Phi) is 3.86. The Bertz CT molecular complexity index is 654. The van der Waals surface area contributed by atoms with Crippen molar-refractivity contribution in [2.24, 2.45) is 10.7 Å². The van der Waals surface area contributed by atoms with Crippen molar-refractivity contribution in [1.82, 2.24) is 0 Å². The molecule has 0 spiro atoms. The maximum atomic E-state index is 11.3. The largest absolute Gasteiger partial charge is 0.478 e. The van der Waals surface area contributed by atoms with E-state index in [4.69, 9.17) is 5.73 Å². The molecule has 1 aliphatic rings. The van der Waals surface area contributed by atoms with Crippen LogP contribution in [0, 0.1) is 10.1 Å². The zero-order valence-corrected chi connectivity index (χ0v) is 11.3. The van der Waals surface area contributed by atoms with E-state index in [0.717, 1.165) is 11.8 Å². The average Bonchev–Trinajstić information content (AvgIpc) is 2.37. The van der Waals surface area contributed by atoms with Crippen LogP contribution in [0.1, 0.15) is 12.5 Å². The van der Waals surface area contributed by atoms with E-state index < -0.39 is 16.4 Å². The van der Waals surface area contributed by atoms with Crippen molar-refractivity contribution in [2.75, 3.05) is 0 Å². The molecule has 7 nitrogen and oxygen atoms in total. The van der Waals surface area contributed by atoms with Crippen LogP contribution in [0.5, 0.6) is 0 Å². The predicted octanol–water partition coefficient (Wildman–Crippen LogP) is 1.84. The summed E-state index contributed by atoms with van der Waals surface area (Å²) in [6, 6.07) is 5.80. The molecule has 0 fully saturated rings. The maximum absolute atomic E-state index is 11.3. The smallest absolute Gasteiger partial charge is 0.338 e. The van der Waals surface area contributed by atoms with Crippen molar-refractivity contribution < 1.29 is 14.8 Å². The molecule has 8 heteroatoms. The molecule has 0 bridgehead atoms. The number of nitrogens with zero attached hydrogens (tertiary/aromatic N) is 2. The van der Waals surface area contributed by atoms with E-state index in [1.54, 1.807) is 13.0 Å². The maximum Gasteiger partial charge on any atom is 0.338 e. The molecule has 0 radical (unpaired) electrons. The number of hydrogen-bond donors (Lipinski definition) is 2. The van der Waals surface area contributed by atoms with Crippen LogP contribution in [-0.2, 0) is 4.79 Å². The Morgan fingerprint density at radius 1 is 1.55 bits per heavy atom. The second-order valence-electron chi connectivity index (χ2n) is 4.04. The molecular formula is C12H11N3O4S. The number of nitro benzene ring substituents is 1. The highest BCUT2D eigenvalue weighted by atomic mass is 32.2. The van der Waals surface area contributed by atoms with E-state index in [-0.39, 0.29) is 11.3 Å². The zero-order chi connectivity index (χ0) is 14.9. The first-order valence-electron chi connectivity index (χ1n) is 5.59. The third-order valence-electron chi connectivity index (χ3n) is 2.68. The fourth-order valence-corrected chi connectivity index (χ4v) is 2.92. The molecule has 1 aliphatic heterocycles. The van der Waals surface area contributed by atoms with Gasteiger partial charge in [0, 0.05) is 17.0 Å². The fourth-order valence-electron chi connectivity index (χ4n) is 1.85. The summed E-state index contributed by atoms with van der Waals surface area (Å²) in [4.78, 5) is 26.0. The van der Waals surface area contributed by atoms with E-state index in [1.807, 2.05) is 0 Å². The van der Waals surface area contributed by atoms with Crippen LogP contribution < -0.4 is 5.73 Å². The number of aliphatic imine (C=N–C) groups is 1. The number of carboxylic acids is 1. The summed E-state index contributed by atoms with van der Waals surface area (Å²) in [5.74, 6) is -1.13. The highest BCUT2D eigenvalue weighted by molar-refractivity contribution is 8.09. The molecule has 2 rings (SSSR count). The van der Waals surface area contributed by atoms with Gasteiger partial charge in [0.05, 0.1) is 16.2 Å². The lowest BCUT2D eigenvalue weighted by molar-refractivity contribution is -0.384. The monoisotopic (exact) mass is 293 g/mol. The van der Waals surface area contributed by atoms with Crippen molar-refractivity contribution in [2.45, 2.75) is 12.4 Å². The summed E-state index contributed by atoms with van der Waals surface area (Å²) < 4.78 is 0. The van der Waals surface area contributed by atoms with Gasteiger partial charge in [0.2, 0.25) is 0 Å². The number of rotatable bonds is 3. The summed E-state index contributed by atoms with van der Waals surface area (Å²) in [7, 11) is 0. The van der Waals surface area contributed by atoms with Crippen molar-refractivity contribution in [3.8, 4) is 0 Å². The van der Waals surface area contributed by atoms with Gasteiger partial charge in [-0.05, 0) is 12.5 Å². The highest BCUT2D eigenvalue weighted by Crippen LogP contribution is 2.38. The van der Waals surface area contributed by atoms with E-state index in [9.17, 15) is 20.0 Å². The van der Waals surface area contributed by atoms with E-state index in [2.05, 4.69) is 4.99 Å². The summed E-state index contributed by atoms with van der Waals surface area (Å²) in [5, 5.41) is 20.1. The molecule has 104 valence electrons. The molecular weight excluding hydrogens is 282 g/mol. The molecule has 0 saturated heterocycles. The number of aliphatic carboxylic acids is 1. The first-order chi connectivity index (χ1) is 9.40. The van der Waals surface area contributed by atoms with Gasteiger partial charge in [0.1, 0.15) is 5.50 Å². The van der Waals surface area contributed by atoms with E-state index >= 15 is 0 Å². The minimum atomic E-state index is -1.13. The Morgan fingerprint density at radius 2 is 2.25 bits per heavy atom. The fraction of sp³-hybridized carbons (Fsp3) is 0.167. The van der Waals surface area contributed by atoms with Gasteiger partial charge < -0.3 is 10.8 Å². The van der Waals surface area contributed by atoms with Crippen LogP contribution in [0.4, 0.5) is 5.69 Å². The Labute approximate surface area is 118 Å². The second-order valence-corrected chi connectivity index (χ2v) is 5.17. The normalized spacial score (nSPS) is 18.7. The minimum Gasteiger partial charge on any atom is -0.478 e. The second kappa shape index (κ2) is 5.43. The number of nitrogens with two attached hydrogens (primary N) is 1. The molecule has 0 saturated carbocycles. The predicted molar refractivity (Wildman–Crippen MR) is 76.3 cm³/mol. The minimum absolute atomic E-state index is 0.0252. The van der Waals surface area contributed by atoms with Crippen LogP contribution in [0.3, 0.4) is 0 Å². The van der Waals surface area contributed by atoms with E-state index in [1.165, 1.54) is 18.2 Å². The summed E-state index contributed by atoms with van der Waals surface area (Å²) >= 11 is 1.07. The van der Waals surface area contributed by atoms with Crippen molar-refractivity contribution >= 4 is 34.0 Å².